The Labute approximate surface area is 118 Å². The van der Waals surface area contributed by atoms with E-state index in [0.29, 0.717) is 11.3 Å². The van der Waals surface area contributed by atoms with Gasteiger partial charge in [-0.05, 0) is 49.1 Å². The molecule has 0 radical (unpaired) electrons. The Kier molecular flexibility index (Phi) is 3.30. The summed E-state index contributed by atoms with van der Waals surface area (Å²) in [4.78, 5) is 6.46. The van der Waals surface area contributed by atoms with E-state index < -0.39 is 0 Å². The van der Waals surface area contributed by atoms with Gasteiger partial charge in [-0.25, -0.2) is 4.39 Å². The summed E-state index contributed by atoms with van der Waals surface area (Å²) in [5.74, 6) is -0.247. The van der Waals surface area contributed by atoms with Crippen LogP contribution in [0.1, 0.15) is 30.0 Å². The lowest BCUT2D eigenvalue weighted by atomic mass is 10.1. The summed E-state index contributed by atoms with van der Waals surface area (Å²) in [5.41, 5.74) is 9.26. The fourth-order valence-corrected chi connectivity index (χ4v) is 2.91. The van der Waals surface area contributed by atoms with Gasteiger partial charge in [-0.3, -0.25) is 4.98 Å². The summed E-state index contributed by atoms with van der Waals surface area (Å²) in [5, 5.41) is 0. The highest BCUT2D eigenvalue weighted by Crippen LogP contribution is 2.39. The zero-order valence-corrected chi connectivity index (χ0v) is 11.5. The molecule has 1 aromatic carbocycles. The summed E-state index contributed by atoms with van der Waals surface area (Å²) in [7, 11) is 0. The molecule has 20 heavy (non-hydrogen) atoms. The first-order chi connectivity index (χ1) is 9.66. The van der Waals surface area contributed by atoms with Gasteiger partial charge in [0, 0.05) is 18.9 Å². The van der Waals surface area contributed by atoms with Gasteiger partial charge in [-0.15, -0.1) is 0 Å². The third-order valence-electron chi connectivity index (χ3n) is 3.94. The highest BCUT2D eigenvalue weighted by atomic mass is 19.1. The first-order valence-corrected chi connectivity index (χ1v) is 6.89. The van der Waals surface area contributed by atoms with Gasteiger partial charge >= 0.3 is 0 Å². The van der Waals surface area contributed by atoms with Crippen LogP contribution >= 0.6 is 0 Å². The predicted molar refractivity (Wildman–Crippen MR) is 79.1 cm³/mol. The summed E-state index contributed by atoms with van der Waals surface area (Å²) in [6, 6.07) is 7.58. The zero-order valence-electron chi connectivity index (χ0n) is 11.5. The minimum atomic E-state index is -0.247. The van der Waals surface area contributed by atoms with Crippen LogP contribution in [-0.4, -0.2) is 11.5 Å². The summed E-state index contributed by atoms with van der Waals surface area (Å²) in [6.45, 7) is 2.71. The highest BCUT2D eigenvalue weighted by Gasteiger charge is 2.28. The van der Waals surface area contributed by atoms with Crippen molar-refractivity contribution >= 4 is 11.4 Å². The van der Waals surface area contributed by atoms with Crippen molar-refractivity contribution in [2.45, 2.75) is 25.8 Å². The average molecular weight is 271 g/mol. The molecule has 1 fully saturated rings. The van der Waals surface area contributed by atoms with Crippen LogP contribution < -0.4 is 10.6 Å². The second kappa shape index (κ2) is 5.12. The number of pyridine rings is 1. The molecule has 0 bridgehead atoms. The Balaban J connectivity index is 1.99. The standard InChI is InChI=1S/C16H18FN3/c1-11-8-16(14(18)9-13(11)17)20-7-3-5-15(20)12-4-2-6-19-10-12/h2,4,6,8-10,15H,3,5,7,18H2,1H3. The number of nitrogens with two attached hydrogens (primary N) is 1. The van der Waals surface area contributed by atoms with Crippen molar-refractivity contribution < 1.29 is 4.39 Å². The normalized spacial score (nSPS) is 18.5. The number of benzene rings is 1. The molecule has 104 valence electrons. The molecule has 1 aliphatic heterocycles. The van der Waals surface area contributed by atoms with E-state index in [1.54, 1.807) is 13.1 Å². The molecule has 1 saturated heterocycles. The molecule has 0 spiro atoms. The molecule has 4 heteroatoms. The van der Waals surface area contributed by atoms with E-state index >= 15 is 0 Å². The number of halogens is 1. The smallest absolute Gasteiger partial charge is 0.128 e. The number of nitrogen functional groups attached to an aromatic ring is 1. The molecule has 1 atom stereocenters. The van der Waals surface area contributed by atoms with Crippen LogP contribution in [0.2, 0.25) is 0 Å². The predicted octanol–water partition coefficient (Wildman–Crippen LogP) is 3.45. The lowest BCUT2D eigenvalue weighted by Crippen LogP contribution is -2.23. The van der Waals surface area contributed by atoms with E-state index in [9.17, 15) is 4.39 Å². The molecule has 2 aromatic rings. The largest absolute Gasteiger partial charge is 0.397 e. The van der Waals surface area contributed by atoms with Crippen LogP contribution in [0.4, 0.5) is 15.8 Å². The molecule has 3 nitrogen and oxygen atoms in total. The highest BCUT2D eigenvalue weighted by molar-refractivity contribution is 5.70. The molecule has 2 heterocycles. The number of hydrogen-bond donors (Lipinski definition) is 1. The zero-order chi connectivity index (χ0) is 14.1. The molecule has 3 rings (SSSR count). The van der Waals surface area contributed by atoms with Gasteiger partial charge in [0.2, 0.25) is 0 Å². The number of rotatable bonds is 2. The molecule has 0 amide bonds. The average Bonchev–Trinajstić information content (AvgIpc) is 2.93. The van der Waals surface area contributed by atoms with Gasteiger partial charge in [0.1, 0.15) is 5.82 Å². The van der Waals surface area contributed by atoms with Crippen LogP contribution in [0.5, 0.6) is 0 Å². The first kappa shape index (κ1) is 12.9. The number of hydrogen-bond acceptors (Lipinski definition) is 3. The van der Waals surface area contributed by atoms with Crippen LogP contribution in [0, 0.1) is 12.7 Å². The SMILES string of the molecule is Cc1cc(N2CCCC2c2cccnc2)c(N)cc1F. The quantitative estimate of drug-likeness (QED) is 0.851. The van der Waals surface area contributed by atoms with Crippen molar-refractivity contribution in [3.05, 3.63) is 53.6 Å². The summed E-state index contributed by atoms with van der Waals surface area (Å²) < 4.78 is 13.6. The second-order valence-electron chi connectivity index (χ2n) is 5.30. The summed E-state index contributed by atoms with van der Waals surface area (Å²) >= 11 is 0. The molecule has 1 unspecified atom stereocenters. The Morgan fingerprint density at radius 1 is 1.40 bits per heavy atom. The van der Waals surface area contributed by atoms with Gasteiger partial charge in [0.15, 0.2) is 0 Å². The van der Waals surface area contributed by atoms with E-state index in [4.69, 9.17) is 5.73 Å². The molecular weight excluding hydrogens is 253 g/mol. The summed E-state index contributed by atoms with van der Waals surface area (Å²) in [6.07, 6.45) is 5.85. The maximum Gasteiger partial charge on any atom is 0.128 e. The van der Waals surface area contributed by atoms with Gasteiger partial charge < -0.3 is 10.6 Å². The fraction of sp³-hybridized carbons (Fsp3) is 0.312. The Bertz CT molecular complexity index is 613. The Morgan fingerprint density at radius 2 is 2.25 bits per heavy atom. The minimum absolute atomic E-state index is 0.247. The van der Waals surface area contributed by atoms with Crippen molar-refractivity contribution in [2.24, 2.45) is 0 Å². The molecule has 0 saturated carbocycles. The molecule has 0 aliphatic carbocycles. The van der Waals surface area contributed by atoms with Crippen molar-refractivity contribution in [3.63, 3.8) is 0 Å². The number of nitrogens with zero attached hydrogens (tertiary/aromatic N) is 2. The van der Waals surface area contributed by atoms with E-state index in [1.165, 1.54) is 11.6 Å². The lowest BCUT2D eigenvalue weighted by Gasteiger charge is -2.28. The van der Waals surface area contributed by atoms with E-state index in [2.05, 4.69) is 16.0 Å². The number of anilines is 2. The fourth-order valence-electron chi connectivity index (χ4n) is 2.91. The van der Waals surface area contributed by atoms with Crippen LogP contribution in [0.25, 0.3) is 0 Å². The third-order valence-corrected chi connectivity index (χ3v) is 3.94. The van der Waals surface area contributed by atoms with E-state index in [0.717, 1.165) is 25.1 Å². The number of aromatic nitrogens is 1. The van der Waals surface area contributed by atoms with Crippen LogP contribution in [-0.2, 0) is 0 Å². The van der Waals surface area contributed by atoms with E-state index in [1.807, 2.05) is 18.3 Å². The topological polar surface area (TPSA) is 42.2 Å². The van der Waals surface area contributed by atoms with Crippen molar-refractivity contribution in [1.82, 2.24) is 4.98 Å². The maximum absolute atomic E-state index is 13.6. The molecular formula is C16H18FN3. The molecule has 1 aromatic heterocycles. The van der Waals surface area contributed by atoms with Gasteiger partial charge in [-0.2, -0.15) is 0 Å². The second-order valence-corrected chi connectivity index (χ2v) is 5.30. The van der Waals surface area contributed by atoms with E-state index in [-0.39, 0.29) is 11.9 Å². The minimum Gasteiger partial charge on any atom is -0.397 e. The van der Waals surface area contributed by atoms with Gasteiger partial charge in [-0.1, -0.05) is 6.07 Å². The monoisotopic (exact) mass is 271 g/mol. The van der Waals surface area contributed by atoms with Crippen molar-refractivity contribution in [2.75, 3.05) is 17.2 Å². The maximum atomic E-state index is 13.6. The van der Waals surface area contributed by atoms with Crippen molar-refractivity contribution in [3.8, 4) is 0 Å². The van der Waals surface area contributed by atoms with Crippen LogP contribution in [0.15, 0.2) is 36.7 Å². The van der Waals surface area contributed by atoms with Crippen LogP contribution in [0.3, 0.4) is 0 Å². The molecule has 1 aliphatic rings. The first-order valence-electron chi connectivity index (χ1n) is 6.89. The third kappa shape index (κ3) is 2.22. The van der Waals surface area contributed by atoms with Gasteiger partial charge in [0.05, 0.1) is 17.4 Å². The Hall–Kier alpha value is -2.10. The van der Waals surface area contributed by atoms with Crippen molar-refractivity contribution in [1.29, 1.82) is 0 Å². The lowest BCUT2D eigenvalue weighted by molar-refractivity contribution is 0.618. The van der Waals surface area contributed by atoms with Gasteiger partial charge in [0.25, 0.3) is 0 Å². The number of aryl methyl sites for hydroxylation is 1. The Morgan fingerprint density at radius 3 is 3.00 bits per heavy atom. The molecule has 2 N–H and O–H groups in total.